The number of likely N-dealkylation sites (tertiary alicyclic amines) is 2. The molecule has 1 aromatic heterocycles. The Morgan fingerprint density at radius 1 is 1.08 bits per heavy atom. The molecule has 0 spiro atoms. The predicted molar refractivity (Wildman–Crippen MR) is 142 cm³/mol. The summed E-state index contributed by atoms with van der Waals surface area (Å²) in [5.74, 6) is 0.162. The average molecular weight is 554 g/mol. The number of hydrogen-bond acceptors (Lipinski definition) is 6. The molecule has 2 aromatic rings. The Kier molecular flexibility index (Phi) is 9.09. The first kappa shape index (κ1) is 27.7. The number of hydrogen-bond donors (Lipinski definition) is 0. The quantitative estimate of drug-likeness (QED) is 0.494. The van der Waals surface area contributed by atoms with Gasteiger partial charge in [0.25, 0.3) is 0 Å². The number of amides is 2. The van der Waals surface area contributed by atoms with E-state index in [1.165, 1.54) is 0 Å². The lowest BCUT2D eigenvalue weighted by molar-refractivity contribution is -0.139. The molecule has 8 nitrogen and oxygen atoms in total. The van der Waals surface area contributed by atoms with E-state index < -0.39 is 0 Å². The van der Waals surface area contributed by atoms with E-state index in [1.807, 2.05) is 36.1 Å². The van der Waals surface area contributed by atoms with Gasteiger partial charge in [-0.15, -0.1) is 0 Å². The van der Waals surface area contributed by atoms with Gasteiger partial charge < -0.3 is 14.5 Å². The van der Waals surface area contributed by atoms with E-state index >= 15 is 0 Å². The Morgan fingerprint density at radius 3 is 2.47 bits per heavy atom. The molecule has 10 heteroatoms. The van der Waals surface area contributed by atoms with Crippen LogP contribution in [0.4, 0.5) is 0 Å². The van der Waals surface area contributed by atoms with E-state index in [2.05, 4.69) is 11.1 Å². The van der Waals surface area contributed by atoms with E-state index in [0.717, 1.165) is 11.1 Å². The molecule has 0 unspecified atom stereocenters. The van der Waals surface area contributed by atoms with Crippen LogP contribution < -0.4 is 4.74 Å². The molecule has 2 aliphatic heterocycles. The van der Waals surface area contributed by atoms with Crippen LogP contribution in [0, 0.1) is 34.5 Å². The van der Waals surface area contributed by atoms with Gasteiger partial charge in [0, 0.05) is 56.2 Å². The van der Waals surface area contributed by atoms with Crippen molar-refractivity contribution in [1.82, 2.24) is 14.8 Å². The van der Waals surface area contributed by atoms with Crippen molar-refractivity contribution < 1.29 is 14.3 Å². The first-order valence-electron chi connectivity index (χ1n) is 12.7. The zero-order valence-corrected chi connectivity index (χ0v) is 22.7. The van der Waals surface area contributed by atoms with Gasteiger partial charge in [-0.05, 0) is 43.0 Å². The smallest absolute Gasteiger partial charge is 0.236 e. The molecule has 4 rings (SSSR count). The molecule has 38 heavy (non-hydrogen) atoms. The summed E-state index contributed by atoms with van der Waals surface area (Å²) in [6, 6.07) is 13.2. The monoisotopic (exact) mass is 553 g/mol. The first-order chi connectivity index (χ1) is 18.3. The number of piperidine rings is 1. The number of carbonyl (C=O) groups is 2. The van der Waals surface area contributed by atoms with Crippen molar-refractivity contribution in [3.63, 3.8) is 0 Å². The summed E-state index contributed by atoms with van der Waals surface area (Å²) in [5.41, 5.74) is 1.81. The predicted octanol–water partition coefficient (Wildman–Crippen LogP) is 4.62. The minimum absolute atomic E-state index is 0.0149. The molecule has 0 saturated carbocycles. The Hall–Kier alpha value is -3.33. The summed E-state index contributed by atoms with van der Waals surface area (Å²) >= 11 is 12.5. The Labute approximate surface area is 232 Å². The fraction of sp³-hybridized carbons (Fsp3) is 0.464. The molecule has 198 valence electrons. The van der Waals surface area contributed by atoms with Gasteiger partial charge in [-0.3, -0.25) is 9.59 Å². The van der Waals surface area contributed by atoms with Crippen LogP contribution in [0.25, 0.3) is 0 Å². The summed E-state index contributed by atoms with van der Waals surface area (Å²) in [7, 11) is 0. The number of carbonyl (C=O) groups excluding carboxylic acids is 2. The third-order valence-corrected chi connectivity index (χ3v) is 8.21. The lowest BCUT2D eigenvalue weighted by Crippen LogP contribution is -2.44. The number of halogens is 2. The summed E-state index contributed by atoms with van der Waals surface area (Å²) in [6.45, 7) is 3.99. The molecule has 3 atom stereocenters. The molecule has 0 radical (unpaired) electrons. The van der Waals surface area contributed by atoms with Crippen molar-refractivity contribution in [2.24, 2.45) is 11.8 Å². The van der Waals surface area contributed by atoms with Gasteiger partial charge in [0.1, 0.15) is 12.5 Å². The van der Waals surface area contributed by atoms with Crippen LogP contribution in [-0.4, -0.2) is 58.9 Å². The standard InChI is InChI=1S/C28H29Cl2N5O3/c1-18(38-26-5-2-19(6-10-31)15-33-26)22-16-35(17-23(22)21-3-4-24(29)25(30)14-21)28(37)20-8-12-34(13-9-20)27(36)7-11-32/h2-5,14-15,18,20,22-23H,6-9,12-13,16-17H2,1H3/t18-,22-,23-/m1/s1. The minimum atomic E-state index is -0.257. The van der Waals surface area contributed by atoms with Crippen LogP contribution in [0.1, 0.15) is 43.2 Å². The normalized spacial score (nSPS) is 20.4. The molecule has 1 aromatic carbocycles. The van der Waals surface area contributed by atoms with Gasteiger partial charge in [-0.2, -0.15) is 10.5 Å². The number of nitriles is 2. The highest BCUT2D eigenvalue weighted by atomic mass is 35.5. The van der Waals surface area contributed by atoms with Gasteiger partial charge in [0.15, 0.2) is 0 Å². The van der Waals surface area contributed by atoms with Crippen molar-refractivity contribution in [2.45, 2.75) is 44.6 Å². The Bertz CT molecular complexity index is 1250. The summed E-state index contributed by atoms with van der Waals surface area (Å²) in [4.78, 5) is 33.5. The summed E-state index contributed by atoms with van der Waals surface area (Å²) in [6.07, 6.45) is 2.70. The molecule has 2 aliphatic rings. The van der Waals surface area contributed by atoms with Crippen molar-refractivity contribution in [3.05, 3.63) is 57.7 Å². The van der Waals surface area contributed by atoms with E-state index in [-0.39, 0.29) is 48.5 Å². The van der Waals surface area contributed by atoms with Crippen molar-refractivity contribution in [3.8, 4) is 18.0 Å². The molecule has 2 fully saturated rings. The average Bonchev–Trinajstić information content (AvgIpc) is 3.37. The Morgan fingerprint density at radius 2 is 1.84 bits per heavy atom. The van der Waals surface area contributed by atoms with Gasteiger partial charge in [-0.1, -0.05) is 35.3 Å². The molecule has 2 amide bonds. The molecule has 0 aliphatic carbocycles. The van der Waals surface area contributed by atoms with Crippen LogP contribution in [0.2, 0.25) is 10.0 Å². The number of rotatable bonds is 7. The van der Waals surface area contributed by atoms with Gasteiger partial charge >= 0.3 is 0 Å². The van der Waals surface area contributed by atoms with E-state index in [1.54, 1.807) is 23.2 Å². The first-order valence-corrected chi connectivity index (χ1v) is 13.4. The number of nitrogens with zero attached hydrogens (tertiary/aromatic N) is 5. The lowest BCUT2D eigenvalue weighted by atomic mass is 9.86. The van der Waals surface area contributed by atoms with E-state index in [4.69, 9.17) is 38.5 Å². The second-order valence-corrected chi connectivity index (χ2v) is 10.7. The highest BCUT2D eigenvalue weighted by molar-refractivity contribution is 6.42. The van der Waals surface area contributed by atoms with Crippen LogP contribution in [0.3, 0.4) is 0 Å². The highest BCUT2D eigenvalue weighted by Gasteiger charge is 2.42. The number of benzene rings is 1. The lowest BCUT2D eigenvalue weighted by Gasteiger charge is -2.33. The van der Waals surface area contributed by atoms with Crippen LogP contribution in [0.5, 0.6) is 5.88 Å². The van der Waals surface area contributed by atoms with Crippen molar-refractivity contribution in [1.29, 1.82) is 10.5 Å². The fourth-order valence-electron chi connectivity index (χ4n) is 5.35. The Balaban J connectivity index is 1.48. The third-order valence-electron chi connectivity index (χ3n) is 7.47. The van der Waals surface area contributed by atoms with Crippen molar-refractivity contribution >= 4 is 35.0 Å². The second-order valence-electron chi connectivity index (χ2n) is 9.84. The maximum Gasteiger partial charge on any atom is 0.236 e. The van der Waals surface area contributed by atoms with Crippen LogP contribution in [-0.2, 0) is 16.0 Å². The number of aromatic nitrogens is 1. The largest absolute Gasteiger partial charge is 0.474 e. The third kappa shape index (κ3) is 6.38. The number of ether oxygens (including phenoxy) is 1. The number of pyridine rings is 1. The van der Waals surface area contributed by atoms with Crippen LogP contribution >= 0.6 is 23.2 Å². The van der Waals surface area contributed by atoms with Crippen molar-refractivity contribution in [2.75, 3.05) is 26.2 Å². The molecule has 3 heterocycles. The van der Waals surface area contributed by atoms with E-state index in [0.29, 0.717) is 54.9 Å². The zero-order valence-electron chi connectivity index (χ0n) is 21.1. The maximum atomic E-state index is 13.6. The van der Waals surface area contributed by atoms with Gasteiger partial charge in [0.05, 0.1) is 28.6 Å². The molecule has 0 N–H and O–H groups in total. The van der Waals surface area contributed by atoms with Gasteiger partial charge in [0.2, 0.25) is 17.7 Å². The fourth-order valence-corrected chi connectivity index (χ4v) is 5.65. The van der Waals surface area contributed by atoms with Gasteiger partial charge in [-0.25, -0.2) is 4.98 Å². The minimum Gasteiger partial charge on any atom is -0.474 e. The van der Waals surface area contributed by atoms with Crippen LogP contribution in [0.15, 0.2) is 36.5 Å². The molecular formula is C28H29Cl2N5O3. The summed E-state index contributed by atoms with van der Waals surface area (Å²) < 4.78 is 6.21. The second kappa shape index (κ2) is 12.5. The SMILES string of the molecule is C[C@@H](Oc1ccc(CC#N)cn1)[C@H]1CN(C(=O)C2CCN(C(=O)CC#N)CC2)C[C@@H]1c1ccc(Cl)c(Cl)c1. The highest BCUT2D eigenvalue weighted by Crippen LogP contribution is 2.39. The maximum absolute atomic E-state index is 13.6. The summed E-state index contributed by atoms with van der Waals surface area (Å²) in [5, 5.41) is 18.6. The molecular weight excluding hydrogens is 525 g/mol. The molecule has 0 bridgehead atoms. The van der Waals surface area contributed by atoms with E-state index in [9.17, 15) is 9.59 Å². The zero-order chi connectivity index (χ0) is 27.2. The molecule has 2 saturated heterocycles. The topological polar surface area (TPSA) is 110 Å².